The molecule has 0 amide bonds. The average molecular weight is 322 g/mol. The van der Waals surface area contributed by atoms with Gasteiger partial charge in [0.2, 0.25) is 9.84 Å². The van der Waals surface area contributed by atoms with Crippen LogP contribution in [0.2, 0.25) is 5.02 Å². The number of halogens is 2. The summed E-state index contributed by atoms with van der Waals surface area (Å²) in [5.74, 6) is -0.509. The SMILES string of the molecule is N#C/C(=C/c1cccc(F)c1)S(=O)(=O)c1ccc(Cl)cc1. The molecule has 0 spiro atoms. The van der Waals surface area contributed by atoms with Crippen molar-refractivity contribution in [3.8, 4) is 6.07 Å². The first kappa shape index (κ1) is 15.2. The fraction of sp³-hybridized carbons (Fsp3) is 0. The highest BCUT2D eigenvalue weighted by molar-refractivity contribution is 7.95. The van der Waals surface area contributed by atoms with E-state index < -0.39 is 20.6 Å². The fourth-order valence-corrected chi connectivity index (χ4v) is 2.94. The molecule has 0 fully saturated rings. The van der Waals surface area contributed by atoms with Gasteiger partial charge in [0.15, 0.2) is 0 Å². The molecule has 0 aromatic heterocycles. The lowest BCUT2D eigenvalue weighted by molar-refractivity contribution is 0.603. The number of sulfone groups is 1. The van der Waals surface area contributed by atoms with Gasteiger partial charge in [0.05, 0.1) is 4.90 Å². The van der Waals surface area contributed by atoms with Crippen molar-refractivity contribution in [1.82, 2.24) is 0 Å². The zero-order valence-electron chi connectivity index (χ0n) is 10.6. The van der Waals surface area contributed by atoms with E-state index in [0.29, 0.717) is 10.6 Å². The zero-order chi connectivity index (χ0) is 15.5. The van der Waals surface area contributed by atoms with Crippen LogP contribution in [0.15, 0.2) is 58.3 Å². The first-order chi connectivity index (χ1) is 9.93. The van der Waals surface area contributed by atoms with E-state index in [1.165, 1.54) is 42.5 Å². The van der Waals surface area contributed by atoms with Crippen molar-refractivity contribution in [3.63, 3.8) is 0 Å². The summed E-state index contributed by atoms with van der Waals surface area (Å²) in [6, 6.07) is 12.4. The lowest BCUT2D eigenvalue weighted by Gasteiger charge is -2.03. The molecule has 21 heavy (non-hydrogen) atoms. The van der Waals surface area contributed by atoms with Gasteiger partial charge in [-0.25, -0.2) is 12.8 Å². The number of benzene rings is 2. The van der Waals surface area contributed by atoms with E-state index in [1.54, 1.807) is 6.07 Å². The van der Waals surface area contributed by atoms with E-state index in [9.17, 15) is 12.8 Å². The summed E-state index contributed by atoms with van der Waals surface area (Å²) in [4.78, 5) is -0.508. The molecule has 0 aliphatic heterocycles. The fourth-order valence-electron chi connectivity index (χ4n) is 1.66. The van der Waals surface area contributed by atoms with Gasteiger partial charge in [0, 0.05) is 5.02 Å². The molecular weight excluding hydrogens is 313 g/mol. The van der Waals surface area contributed by atoms with Gasteiger partial charge in [-0.15, -0.1) is 0 Å². The molecule has 2 aromatic rings. The minimum atomic E-state index is -3.96. The molecule has 0 aliphatic carbocycles. The Bertz CT molecular complexity index is 837. The Balaban J connectivity index is 2.50. The van der Waals surface area contributed by atoms with Crippen LogP contribution in [0.25, 0.3) is 6.08 Å². The first-order valence-electron chi connectivity index (χ1n) is 5.81. The maximum Gasteiger partial charge on any atom is 0.216 e. The van der Waals surface area contributed by atoms with Crippen LogP contribution in [0.4, 0.5) is 4.39 Å². The van der Waals surface area contributed by atoms with Crippen LogP contribution in [0.5, 0.6) is 0 Å². The third-order valence-electron chi connectivity index (χ3n) is 2.67. The van der Waals surface area contributed by atoms with Crippen LogP contribution in [0.3, 0.4) is 0 Å². The second-order valence-corrected chi connectivity index (χ2v) is 6.49. The Morgan fingerprint density at radius 3 is 2.43 bits per heavy atom. The highest BCUT2D eigenvalue weighted by Gasteiger charge is 2.20. The van der Waals surface area contributed by atoms with Gasteiger partial charge in [-0.3, -0.25) is 0 Å². The molecule has 3 nitrogen and oxygen atoms in total. The summed E-state index contributed by atoms with van der Waals surface area (Å²) < 4.78 is 37.8. The van der Waals surface area contributed by atoms with E-state index in [2.05, 4.69) is 0 Å². The maximum atomic E-state index is 13.1. The molecule has 2 aromatic carbocycles. The maximum absolute atomic E-state index is 13.1. The zero-order valence-corrected chi connectivity index (χ0v) is 12.2. The number of allylic oxidation sites excluding steroid dienone is 1. The Kier molecular flexibility index (Phi) is 4.41. The van der Waals surface area contributed by atoms with Gasteiger partial charge < -0.3 is 0 Å². The summed E-state index contributed by atoms with van der Waals surface area (Å²) in [6.45, 7) is 0. The van der Waals surface area contributed by atoms with Gasteiger partial charge in [0.25, 0.3) is 0 Å². The lowest BCUT2D eigenvalue weighted by Crippen LogP contribution is -2.03. The second kappa shape index (κ2) is 6.08. The third kappa shape index (κ3) is 3.48. The Morgan fingerprint density at radius 2 is 1.86 bits per heavy atom. The van der Waals surface area contributed by atoms with Crippen LogP contribution >= 0.6 is 11.6 Å². The normalized spacial score (nSPS) is 12.0. The van der Waals surface area contributed by atoms with Gasteiger partial charge in [-0.2, -0.15) is 5.26 Å². The van der Waals surface area contributed by atoms with Crippen molar-refractivity contribution in [3.05, 3.63) is 69.8 Å². The van der Waals surface area contributed by atoms with Gasteiger partial charge in [0.1, 0.15) is 16.8 Å². The molecular formula is C15H9ClFNO2S. The predicted octanol–water partition coefficient (Wildman–Crippen LogP) is 3.82. The summed E-state index contributed by atoms with van der Waals surface area (Å²) in [5, 5.41) is 9.48. The van der Waals surface area contributed by atoms with Gasteiger partial charge >= 0.3 is 0 Å². The number of hydrogen-bond donors (Lipinski definition) is 0. The van der Waals surface area contributed by atoms with Crippen LogP contribution in [0, 0.1) is 17.1 Å². The van der Waals surface area contributed by atoms with Crippen LogP contribution < -0.4 is 0 Å². The molecule has 0 atom stereocenters. The quantitative estimate of drug-likeness (QED) is 0.807. The highest BCUT2D eigenvalue weighted by atomic mass is 35.5. The summed E-state index contributed by atoms with van der Waals surface area (Å²) >= 11 is 5.71. The molecule has 0 heterocycles. The summed E-state index contributed by atoms with van der Waals surface area (Å²) in [5.41, 5.74) is 0.295. The smallest absolute Gasteiger partial charge is 0.216 e. The molecule has 2 rings (SSSR count). The topological polar surface area (TPSA) is 57.9 Å². The molecule has 0 bridgehead atoms. The number of nitriles is 1. The van der Waals surface area contributed by atoms with E-state index in [-0.39, 0.29) is 4.90 Å². The first-order valence-corrected chi connectivity index (χ1v) is 7.67. The molecule has 0 radical (unpaired) electrons. The number of hydrogen-bond acceptors (Lipinski definition) is 3. The average Bonchev–Trinajstić information content (AvgIpc) is 2.45. The minimum Gasteiger partial charge on any atom is -0.218 e. The molecule has 0 unspecified atom stereocenters. The standard InChI is InChI=1S/C15H9ClFNO2S/c16-12-4-6-14(7-5-12)21(19,20)15(10-18)9-11-2-1-3-13(17)8-11/h1-9H/b15-9-. The van der Waals surface area contributed by atoms with Crippen molar-refractivity contribution in [2.45, 2.75) is 4.90 Å². The third-order valence-corrected chi connectivity index (χ3v) is 4.60. The molecule has 0 saturated heterocycles. The van der Waals surface area contributed by atoms with Crippen molar-refractivity contribution >= 4 is 27.5 Å². The molecule has 0 aliphatic rings. The number of nitrogens with zero attached hydrogens (tertiary/aromatic N) is 1. The van der Waals surface area contributed by atoms with Crippen molar-refractivity contribution in [2.24, 2.45) is 0 Å². The Hall–Kier alpha value is -2.16. The van der Waals surface area contributed by atoms with Crippen molar-refractivity contribution in [2.75, 3.05) is 0 Å². The van der Waals surface area contributed by atoms with Gasteiger partial charge in [-0.1, -0.05) is 23.7 Å². The van der Waals surface area contributed by atoms with Crippen LogP contribution in [0.1, 0.15) is 5.56 Å². The largest absolute Gasteiger partial charge is 0.218 e. The lowest BCUT2D eigenvalue weighted by atomic mass is 10.2. The second-order valence-electron chi connectivity index (χ2n) is 4.13. The minimum absolute atomic E-state index is 0.0453. The predicted molar refractivity (Wildman–Crippen MR) is 78.6 cm³/mol. The van der Waals surface area contributed by atoms with E-state index >= 15 is 0 Å². The molecule has 106 valence electrons. The molecule has 6 heteroatoms. The van der Waals surface area contributed by atoms with Gasteiger partial charge in [-0.05, 0) is 48.0 Å². The summed E-state index contributed by atoms with van der Waals surface area (Å²) in [7, 11) is -3.96. The van der Waals surface area contributed by atoms with Crippen LogP contribution in [-0.4, -0.2) is 8.42 Å². The van der Waals surface area contributed by atoms with E-state index in [4.69, 9.17) is 16.9 Å². The van der Waals surface area contributed by atoms with E-state index in [1.807, 2.05) is 0 Å². The summed E-state index contributed by atoms with van der Waals surface area (Å²) in [6.07, 6.45) is 1.13. The number of rotatable bonds is 3. The molecule has 0 N–H and O–H groups in total. The Morgan fingerprint density at radius 1 is 1.19 bits per heavy atom. The highest BCUT2D eigenvalue weighted by Crippen LogP contribution is 2.22. The monoisotopic (exact) mass is 321 g/mol. The molecule has 0 saturated carbocycles. The van der Waals surface area contributed by atoms with Crippen molar-refractivity contribution < 1.29 is 12.8 Å². The van der Waals surface area contributed by atoms with E-state index in [0.717, 1.165) is 12.1 Å². The van der Waals surface area contributed by atoms with Crippen LogP contribution in [-0.2, 0) is 9.84 Å². The Labute approximate surface area is 126 Å². The van der Waals surface area contributed by atoms with Crippen molar-refractivity contribution in [1.29, 1.82) is 5.26 Å².